The van der Waals surface area contributed by atoms with Crippen LogP contribution in [0.4, 0.5) is 13.2 Å². The average Bonchev–Trinajstić information content (AvgIpc) is 2.58. The number of rotatable bonds is 6. The van der Waals surface area contributed by atoms with Crippen molar-refractivity contribution in [2.24, 2.45) is 10.4 Å². The van der Waals surface area contributed by atoms with Crippen LogP contribution < -0.4 is 16.0 Å². The molecule has 28 heavy (non-hydrogen) atoms. The molecule has 1 rings (SSSR count). The van der Waals surface area contributed by atoms with E-state index < -0.39 is 20.9 Å². The van der Waals surface area contributed by atoms with Crippen LogP contribution in [0.25, 0.3) is 0 Å². The molecule has 0 spiro atoms. The molecule has 0 aromatic heterocycles. The zero-order chi connectivity index (χ0) is 20.9. The Bertz CT molecular complexity index is 648. The van der Waals surface area contributed by atoms with Crippen molar-refractivity contribution in [3.05, 3.63) is 0 Å². The minimum absolute atomic E-state index is 0. The number of aliphatic imine (C=N–C) groups is 1. The van der Waals surface area contributed by atoms with E-state index in [1.807, 2.05) is 6.92 Å². The summed E-state index contributed by atoms with van der Waals surface area (Å²) < 4.78 is 61.1. The molecule has 0 aromatic carbocycles. The molecule has 1 amide bonds. The van der Waals surface area contributed by atoms with E-state index in [9.17, 15) is 26.4 Å². The number of sulfonamides is 1. The standard InChI is InChI=1S/C15H28F3N5O3S.HI/c1-5-20-12(24)14(2,3)10-21-13(19-4)22-11-6-8-23(9-7-11)27(25,26)15(16,17)18;/h11H,5-10H2,1-4H3,(H,20,24)(H2,19,21,22);1H. The summed E-state index contributed by atoms with van der Waals surface area (Å²) in [6.45, 7) is 5.76. The van der Waals surface area contributed by atoms with Gasteiger partial charge in [-0.15, -0.1) is 24.0 Å². The van der Waals surface area contributed by atoms with Gasteiger partial charge < -0.3 is 16.0 Å². The second-order valence-corrected chi connectivity index (χ2v) is 8.87. The smallest absolute Gasteiger partial charge is 0.356 e. The molecule has 13 heteroatoms. The Morgan fingerprint density at radius 3 is 2.14 bits per heavy atom. The number of carbonyl (C=O) groups is 1. The van der Waals surface area contributed by atoms with Crippen LogP contribution in [0.3, 0.4) is 0 Å². The van der Waals surface area contributed by atoms with Gasteiger partial charge in [0.15, 0.2) is 5.96 Å². The van der Waals surface area contributed by atoms with Crippen LogP contribution in [0.1, 0.15) is 33.6 Å². The van der Waals surface area contributed by atoms with Crippen molar-refractivity contribution in [2.45, 2.75) is 45.2 Å². The van der Waals surface area contributed by atoms with Gasteiger partial charge in [0.2, 0.25) is 5.91 Å². The second kappa shape index (κ2) is 10.8. The summed E-state index contributed by atoms with van der Waals surface area (Å²) >= 11 is 0. The van der Waals surface area contributed by atoms with Crippen molar-refractivity contribution in [3.8, 4) is 0 Å². The molecule has 0 aliphatic carbocycles. The number of hydrogen-bond donors (Lipinski definition) is 3. The molecule has 0 atom stereocenters. The summed E-state index contributed by atoms with van der Waals surface area (Å²) in [4.78, 5) is 16.0. The molecular weight excluding hydrogens is 514 g/mol. The number of halogens is 4. The summed E-state index contributed by atoms with van der Waals surface area (Å²) in [5, 5.41) is 8.84. The van der Waals surface area contributed by atoms with Crippen LogP contribution in [0.5, 0.6) is 0 Å². The predicted molar refractivity (Wildman–Crippen MR) is 112 cm³/mol. The number of nitrogens with one attached hydrogen (secondary N) is 3. The fourth-order valence-electron chi connectivity index (χ4n) is 2.56. The van der Waals surface area contributed by atoms with Crippen molar-refractivity contribution in [3.63, 3.8) is 0 Å². The zero-order valence-corrected chi connectivity index (χ0v) is 19.5. The highest BCUT2D eigenvalue weighted by molar-refractivity contribution is 14.0. The minimum Gasteiger partial charge on any atom is -0.356 e. The maximum atomic E-state index is 12.6. The van der Waals surface area contributed by atoms with E-state index in [0.29, 0.717) is 23.4 Å². The maximum Gasteiger partial charge on any atom is 0.511 e. The van der Waals surface area contributed by atoms with Crippen molar-refractivity contribution in [2.75, 3.05) is 33.2 Å². The van der Waals surface area contributed by atoms with E-state index in [0.717, 1.165) is 0 Å². The molecule has 0 saturated carbocycles. The van der Waals surface area contributed by atoms with Gasteiger partial charge in [0, 0.05) is 39.3 Å². The van der Waals surface area contributed by atoms with Gasteiger partial charge in [-0.05, 0) is 33.6 Å². The Balaban J connectivity index is 0.00000729. The van der Waals surface area contributed by atoms with Crippen molar-refractivity contribution in [1.29, 1.82) is 0 Å². The van der Waals surface area contributed by atoms with Crippen LogP contribution >= 0.6 is 24.0 Å². The van der Waals surface area contributed by atoms with Gasteiger partial charge in [0.25, 0.3) is 0 Å². The Kier molecular flexibility index (Phi) is 10.5. The predicted octanol–water partition coefficient (Wildman–Crippen LogP) is 1.25. The summed E-state index contributed by atoms with van der Waals surface area (Å²) in [6.07, 6.45) is 0.436. The number of guanidine groups is 1. The zero-order valence-electron chi connectivity index (χ0n) is 16.4. The molecule has 1 aliphatic rings. The van der Waals surface area contributed by atoms with E-state index in [1.165, 1.54) is 7.05 Å². The van der Waals surface area contributed by atoms with E-state index >= 15 is 0 Å². The SMILES string of the molecule is CCNC(=O)C(C)(C)CNC(=NC)NC1CCN(S(=O)(=O)C(F)(F)F)CC1.I. The quantitative estimate of drug-likeness (QED) is 0.266. The van der Waals surface area contributed by atoms with Gasteiger partial charge in [-0.1, -0.05) is 0 Å². The van der Waals surface area contributed by atoms with Crippen LogP contribution in [-0.4, -0.2) is 69.4 Å². The average molecular weight is 543 g/mol. The highest BCUT2D eigenvalue weighted by Gasteiger charge is 2.50. The van der Waals surface area contributed by atoms with Crippen LogP contribution in [0.2, 0.25) is 0 Å². The molecule has 0 unspecified atom stereocenters. The van der Waals surface area contributed by atoms with Gasteiger partial charge in [0.1, 0.15) is 0 Å². The molecule has 8 nitrogen and oxygen atoms in total. The number of piperidine rings is 1. The fourth-order valence-corrected chi connectivity index (χ4v) is 3.54. The number of amides is 1. The number of hydrogen-bond acceptors (Lipinski definition) is 4. The largest absolute Gasteiger partial charge is 0.511 e. The minimum atomic E-state index is -5.29. The lowest BCUT2D eigenvalue weighted by molar-refractivity contribution is -0.128. The fraction of sp³-hybridized carbons (Fsp3) is 0.867. The highest BCUT2D eigenvalue weighted by Crippen LogP contribution is 2.28. The second-order valence-electron chi connectivity index (χ2n) is 6.94. The van der Waals surface area contributed by atoms with Gasteiger partial charge in [-0.3, -0.25) is 9.79 Å². The third-order valence-corrected chi connectivity index (χ3v) is 5.93. The first-order valence-corrected chi connectivity index (χ1v) is 10.1. The monoisotopic (exact) mass is 543 g/mol. The van der Waals surface area contributed by atoms with Gasteiger partial charge in [0.05, 0.1) is 5.41 Å². The van der Waals surface area contributed by atoms with Gasteiger partial charge >= 0.3 is 15.5 Å². The maximum absolute atomic E-state index is 12.6. The lowest BCUT2D eigenvalue weighted by Gasteiger charge is -2.33. The van der Waals surface area contributed by atoms with Crippen molar-refractivity contribution >= 4 is 45.9 Å². The van der Waals surface area contributed by atoms with Crippen LogP contribution in [-0.2, 0) is 14.8 Å². The number of carbonyl (C=O) groups excluding carboxylic acids is 1. The molecule has 1 saturated heterocycles. The summed E-state index contributed by atoms with van der Waals surface area (Å²) in [6, 6.07) is -0.219. The first kappa shape index (κ1) is 27.2. The first-order chi connectivity index (χ1) is 12.3. The Morgan fingerprint density at radius 2 is 1.71 bits per heavy atom. The topological polar surface area (TPSA) is 103 Å². The molecule has 1 heterocycles. The first-order valence-electron chi connectivity index (χ1n) is 8.67. The lowest BCUT2D eigenvalue weighted by atomic mass is 9.92. The van der Waals surface area contributed by atoms with Gasteiger partial charge in [-0.25, -0.2) is 8.42 Å². The van der Waals surface area contributed by atoms with Crippen LogP contribution in [0, 0.1) is 5.41 Å². The van der Waals surface area contributed by atoms with E-state index in [1.54, 1.807) is 13.8 Å². The molecule has 166 valence electrons. The molecule has 0 bridgehead atoms. The lowest BCUT2D eigenvalue weighted by Crippen LogP contribution is -2.53. The Hall–Kier alpha value is -0.830. The van der Waals surface area contributed by atoms with E-state index in [4.69, 9.17) is 0 Å². The Morgan fingerprint density at radius 1 is 1.18 bits per heavy atom. The van der Waals surface area contributed by atoms with Gasteiger partial charge in [-0.2, -0.15) is 17.5 Å². The summed E-state index contributed by atoms with van der Waals surface area (Å²) in [7, 11) is -3.75. The highest BCUT2D eigenvalue weighted by atomic mass is 127. The molecule has 1 aliphatic heterocycles. The Labute approximate surface area is 181 Å². The molecule has 1 fully saturated rings. The third kappa shape index (κ3) is 7.21. The molecular formula is C15H29F3IN5O3S. The molecule has 3 N–H and O–H groups in total. The van der Waals surface area contributed by atoms with Crippen LogP contribution in [0.15, 0.2) is 4.99 Å². The van der Waals surface area contributed by atoms with E-state index in [2.05, 4.69) is 20.9 Å². The molecule has 0 radical (unpaired) electrons. The summed E-state index contributed by atoms with van der Waals surface area (Å²) in [5.41, 5.74) is -5.96. The number of alkyl halides is 3. The van der Waals surface area contributed by atoms with E-state index in [-0.39, 0.29) is 61.9 Å². The number of nitrogens with zero attached hydrogens (tertiary/aromatic N) is 2. The molecule has 0 aromatic rings. The third-order valence-electron chi connectivity index (χ3n) is 4.30. The summed E-state index contributed by atoms with van der Waals surface area (Å²) in [5.74, 6) is 0.295. The van der Waals surface area contributed by atoms with Crippen molar-refractivity contribution in [1.82, 2.24) is 20.3 Å². The normalized spacial score (nSPS) is 17.6. The van der Waals surface area contributed by atoms with Crippen molar-refractivity contribution < 1.29 is 26.4 Å².